The van der Waals surface area contributed by atoms with Gasteiger partial charge >= 0.3 is 0 Å². The summed E-state index contributed by atoms with van der Waals surface area (Å²) in [4.78, 5) is 4.96. The molecule has 4 nitrogen and oxygen atoms in total. The van der Waals surface area contributed by atoms with Crippen molar-refractivity contribution in [2.75, 3.05) is 27.2 Å². The summed E-state index contributed by atoms with van der Waals surface area (Å²) in [5, 5.41) is 9.77. The molecule has 0 bridgehead atoms. The van der Waals surface area contributed by atoms with Gasteiger partial charge in [0.15, 0.2) is 0 Å². The predicted molar refractivity (Wildman–Crippen MR) is 105 cm³/mol. The van der Waals surface area contributed by atoms with Gasteiger partial charge in [-0.3, -0.25) is 4.90 Å². The quantitative estimate of drug-likeness (QED) is 0.780. The molecule has 0 radical (unpaired) electrons. The minimum absolute atomic E-state index is 0.336. The van der Waals surface area contributed by atoms with E-state index >= 15 is 0 Å². The smallest absolute Gasteiger partial charge is 0.118 e. The first-order valence-electron chi connectivity index (χ1n) is 9.47. The van der Waals surface area contributed by atoms with Crippen LogP contribution in [0, 0.1) is 0 Å². The monoisotopic (exact) mass is 354 g/mol. The third kappa shape index (κ3) is 5.23. The lowest BCUT2D eigenvalue weighted by Crippen LogP contribution is -2.31. The first-order valence-corrected chi connectivity index (χ1v) is 9.47. The predicted octanol–water partition coefficient (Wildman–Crippen LogP) is 3.89. The molecule has 3 rings (SSSR count). The van der Waals surface area contributed by atoms with Crippen molar-refractivity contribution in [3.8, 4) is 11.5 Å². The number of phenols is 1. The van der Waals surface area contributed by atoms with E-state index < -0.39 is 0 Å². The van der Waals surface area contributed by atoms with Gasteiger partial charge in [0.2, 0.25) is 0 Å². The number of phenolic OH excluding ortho intramolecular Hbond substituents is 1. The van der Waals surface area contributed by atoms with Gasteiger partial charge in [0, 0.05) is 25.7 Å². The van der Waals surface area contributed by atoms with Crippen LogP contribution >= 0.6 is 0 Å². The van der Waals surface area contributed by atoms with Crippen molar-refractivity contribution in [3.05, 3.63) is 59.7 Å². The molecule has 2 aromatic carbocycles. The van der Waals surface area contributed by atoms with Crippen molar-refractivity contribution >= 4 is 0 Å². The van der Waals surface area contributed by atoms with E-state index in [4.69, 9.17) is 4.74 Å². The Morgan fingerprint density at radius 3 is 2.54 bits per heavy atom. The molecule has 0 spiro atoms. The second kappa shape index (κ2) is 9.06. The topological polar surface area (TPSA) is 35.9 Å². The van der Waals surface area contributed by atoms with Crippen molar-refractivity contribution in [2.24, 2.45) is 0 Å². The fraction of sp³-hybridized carbons (Fsp3) is 0.455. The molecule has 1 atom stereocenters. The van der Waals surface area contributed by atoms with Crippen molar-refractivity contribution in [1.82, 2.24) is 9.80 Å². The Bertz CT molecular complexity index is 687. The number of methoxy groups -OCH3 is 1. The molecule has 2 aromatic rings. The van der Waals surface area contributed by atoms with E-state index in [1.54, 1.807) is 13.2 Å². The van der Waals surface area contributed by atoms with Crippen LogP contribution in [-0.2, 0) is 13.1 Å². The Labute approximate surface area is 157 Å². The fourth-order valence-corrected chi connectivity index (χ4v) is 3.79. The minimum atomic E-state index is 0.336. The molecule has 0 aliphatic carbocycles. The van der Waals surface area contributed by atoms with Crippen LogP contribution in [-0.4, -0.2) is 48.2 Å². The summed E-state index contributed by atoms with van der Waals surface area (Å²) >= 11 is 0. The van der Waals surface area contributed by atoms with Crippen LogP contribution in [0.1, 0.15) is 30.4 Å². The molecule has 1 heterocycles. The molecule has 4 heteroatoms. The largest absolute Gasteiger partial charge is 0.508 e. The molecular formula is C22H30N2O2. The molecule has 140 valence electrons. The summed E-state index contributed by atoms with van der Waals surface area (Å²) in [6.45, 7) is 4.01. The van der Waals surface area contributed by atoms with Gasteiger partial charge in [-0.25, -0.2) is 0 Å². The SMILES string of the molecule is COc1ccc(CN(CC[C@@H]2CCCN2C)Cc2cccc(O)c2)cc1. The van der Waals surface area contributed by atoms with Crippen LogP contribution < -0.4 is 4.74 Å². The Morgan fingerprint density at radius 2 is 1.88 bits per heavy atom. The van der Waals surface area contributed by atoms with Gasteiger partial charge < -0.3 is 14.7 Å². The highest BCUT2D eigenvalue weighted by Gasteiger charge is 2.21. The fourth-order valence-electron chi connectivity index (χ4n) is 3.79. The van der Waals surface area contributed by atoms with Crippen LogP contribution in [0.25, 0.3) is 0 Å². The summed E-state index contributed by atoms with van der Waals surface area (Å²) in [5.41, 5.74) is 2.43. The zero-order chi connectivity index (χ0) is 18.4. The first kappa shape index (κ1) is 18.7. The highest BCUT2D eigenvalue weighted by molar-refractivity contribution is 5.28. The molecule has 0 amide bonds. The van der Waals surface area contributed by atoms with Crippen molar-refractivity contribution < 1.29 is 9.84 Å². The minimum Gasteiger partial charge on any atom is -0.508 e. The molecule has 26 heavy (non-hydrogen) atoms. The van der Waals surface area contributed by atoms with Crippen LogP contribution in [0.15, 0.2) is 48.5 Å². The third-order valence-corrected chi connectivity index (χ3v) is 5.33. The summed E-state index contributed by atoms with van der Waals surface area (Å²) < 4.78 is 5.26. The van der Waals surface area contributed by atoms with Gasteiger partial charge in [-0.15, -0.1) is 0 Å². The van der Waals surface area contributed by atoms with Crippen molar-refractivity contribution in [3.63, 3.8) is 0 Å². The molecule has 1 N–H and O–H groups in total. The van der Waals surface area contributed by atoms with E-state index in [1.165, 1.54) is 31.4 Å². The number of aromatic hydroxyl groups is 1. The Kier molecular flexibility index (Phi) is 6.53. The summed E-state index contributed by atoms with van der Waals surface area (Å²) in [6.07, 6.45) is 3.80. The van der Waals surface area contributed by atoms with Gasteiger partial charge in [0.1, 0.15) is 11.5 Å². The number of ether oxygens (including phenoxy) is 1. The highest BCUT2D eigenvalue weighted by atomic mass is 16.5. The first-order chi connectivity index (χ1) is 12.6. The average Bonchev–Trinajstić information content (AvgIpc) is 3.05. The normalized spacial score (nSPS) is 17.7. The summed E-state index contributed by atoms with van der Waals surface area (Å²) in [6, 6.07) is 16.6. The summed E-state index contributed by atoms with van der Waals surface area (Å²) in [7, 11) is 3.93. The number of nitrogens with zero attached hydrogens (tertiary/aromatic N) is 2. The maximum Gasteiger partial charge on any atom is 0.118 e. The van der Waals surface area contributed by atoms with E-state index in [9.17, 15) is 5.11 Å². The van der Waals surface area contributed by atoms with E-state index in [0.29, 0.717) is 11.8 Å². The van der Waals surface area contributed by atoms with Crippen molar-refractivity contribution in [2.45, 2.75) is 38.4 Å². The lowest BCUT2D eigenvalue weighted by molar-refractivity contribution is 0.211. The standard InChI is InChI=1S/C22H30N2O2/c1-23-13-4-6-20(23)12-14-24(17-19-5-3-7-21(25)15-19)16-18-8-10-22(26-2)11-9-18/h3,5,7-11,15,20,25H,4,6,12-14,16-17H2,1-2H3/t20-/m0/s1. The second-order valence-electron chi connectivity index (χ2n) is 7.29. The lowest BCUT2D eigenvalue weighted by Gasteiger charge is -2.26. The van der Waals surface area contributed by atoms with Crippen LogP contribution in [0.3, 0.4) is 0 Å². The maximum atomic E-state index is 9.77. The Morgan fingerprint density at radius 1 is 1.12 bits per heavy atom. The number of rotatable bonds is 8. The number of likely N-dealkylation sites (tertiary alicyclic amines) is 1. The van der Waals surface area contributed by atoms with Crippen LogP contribution in [0.2, 0.25) is 0 Å². The molecule has 1 aliphatic rings. The molecule has 0 saturated carbocycles. The molecular weight excluding hydrogens is 324 g/mol. The molecule has 1 fully saturated rings. The zero-order valence-electron chi connectivity index (χ0n) is 15.9. The molecule has 1 saturated heterocycles. The number of benzene rings is 2. The Hall–Kier alpha value is -2.04. The third-order valence-electron chi connectivity index (χ3n) is 5.33. The van der Waals surface area contributed by atoms with Gasteiger partial charge in [0.25, 0.3) is 0 Å². The summed E-state index contributed by atoms with van der Waals surface area (Å²) in [5.74, 6) is 1.23. The lowest BCUT2D eigenvalue weighted by atomic mass is 10.1. The highest BCUT2D eigenvalue weighted by Crippen LogP contribution is 2.21. The van der Waals surface area contributed by atoms with Crippen LogP contribution in [0.5, 0.6) is 11.5 Å². The Balaban J connectivity index is 1.66. The molecule has 0 unspecified atom stereocenters. The van der Waals surface area contributed by atoms with E-state index in [1.807, 2.05) is 24.3 Å². The van der Waals surface area contributed by atoms with Gasteiger partial charge in [-0.2, -0.15) is 0 Å². The molecule has 1 aliphatic heterocycles. The van der Waals surface area contributed by atoms with Crippen molar-refractivity contribution in [1.29, 1.82) is 0 Å². The van der Waals surface area contributed by atoms with Gasteiger partial charge in [0.05, 0.1) is 7.11 Å². The number of hydrogen-bond acceptors (Lipinski definition) is 4. The maximum absolute atomic E-state index is 9.77. The van der Waals surface area contributed by atoms with Gasteiger partial charge in [-0.1, -0.05) is 24.3 Å². The zero-order valence-corrected chi connectivity index (χ0v) is 15.9. The molecule has 0 aromatic heterocycles. The van der Waals surface area contributed by atoms with E-state index in [-0.39, 0.29) is 0 Å². The van der Waals surface area contributed by atoms with Gasteiger partial charge in [-0.05, 0) is 68.2 Å². The number of hydrogen-bond donors (Lipinski definition) is 1. The second-order valence-corrected chi connectivity index (χ2v) is 7.29. The van der Waals surface area contributed by atoms with E-state index in [2.05, 4.69) is 35.0 Å². The van der Waals surface area contributed by atoms with E-state index in [0.717, 1.165) is 30.9 Å². The average molecular weight is 354 g/mol. The van der Waals surface area contributed by atoms with Crippen LogP contribution in [0.4, 0.5) is 0 Å².